The Bertz CT molecular complexity index is 1520. The molecule has 0 aliphatic carbocycles. The zero-order chi connectivity index (χ0) is 28.3. The molecule has 40 heavy (non-hydrogen) atoms. The van der Waals surface area contributed by atoms with Crippen LogP contribution in [0.3, 0.4) is 0 Å². The number of ether oxygens (including phenoxy) is 2. The number of aryl methyl sites for hydroxylation is 1. The lowest BCUT2D eigenvalue weighted by Gasteiger charge is -2.06. The molecule has 206 valence electrons. The van der Waals surface area contributed by atoms with Crippen LogP contribution < -0.4 is 9.47 Å². The van der Waals surface area contributed by atoms with E-state index >= 15 is 0 Å². The van der Waals surface area contributed by atoms with Crippen LogP contribution in [0.2, 0.25) is 0 Å². The largest absolute Gasteiger partial charge is 0.490 e. The number of nitrogens with zero attached hydrogens (tertiary/aromatic N) is 1. The van der Waals surface area contributed by atoms with Crippen LogP contribution in [0.15, 0.2) is 85.1 Å². The van der Waals surface area contributed by atoms with Crippen LogP contribution in [0.1, 0.15) is 29.5 Å². The fourth-order valence-corrected chi connectivity index (χ4v) is 4.34. The van der Waals surface area contributed by atoms with E-state index in [9.17, 15) is 19.1 Å². The summed E-state index contributed by atoms with van der Waals surface area (Å²) in [6.45, 7) is 0.393. The van der Waals surface area contributed by atoms with Crippen molar-refractivity contribution in [3.05, 3.63) is 108 Å². The molecule has 0 unspecified atom stereocenters. The van der Waals surface area contributed by atoms with Crippen molar-refractivity contribution in [3.8, 4) is 11.5 Å². The van der Waals surface area contributed by atoms with E-state index in [4.69, 9.17) is 14.6 Å². The number of para-hydroxylation sites is 2. The summed E-state index contributed by atoms with van der Waals surface area (Å²) in [5, 5.41) is 19.3. The SMILES string of the molecule is O=C(O)CCCc1cn(CC(=O)O)c2c(C=Cc3ccc(OC/C=C/COc4ccccc4F)cc3)cccc12. The van der Waals surface area contributed by atoms with Crippen LogP contribution in [0.4, 0.5) is 4.39 Å². The van der Waals surface area contributed by atoms with Crippen LogP contribution in [-0.2, 0) is 22.6 Å². The molecule has 1 aromatic heterocycles. The third-order valence-corrected chi connectivity index (χ3v) is 6.17. The maximum absolute atomic E-state index is 13.5. The van der Waals surface area contributed by atoms with Crippen molar-refractivity contribution in [1.82, 2.24) is 4.57 Å². The predicted octanol–water partition coefficient (Wildman–Crippen LogP) is 6.46. The van der Waals surface area contributed by atoms with E-state index in [0.29, 0.717) is 25.2 Å². The fraction of sp³-hybridized carbons (Fsp3) is 0.188. The first-order valence-electron chi connectivity index (χ1n) is 12.9. The minimum Gasteiger partial charge on any atom is -0.490 e. The lowest BCUT2D eigenvalue weighted by molar-refractivity contribution is -0.138. The number of aromatic nitrogens is 1. The number of fused-ring (bicyclic) bond motifs is 1. The van der Waals surface area contributed by atoms with Gasteiger partial charge in [-0.05, 0) is 65.9 Å². The molecule has 0 bridgehead atoms. The smallest absolute Gasteiger partial charge is 0.323 e. The number of halogens is 1. The van der Waals surface area contributed by atoms with Crippen molar-refractivity contribution < 1.29 is 33.7 Å². The van der Waals surface area contributed by atoms with Gasteiger partial charge in [0.05, 0.1) is 5.52 Å². The van der Waals surface area contributed by atoms with E-state index in [1.54, 1.807) is 34.9 Å². The summed E-state index contributed by atoms with van der Waals surface area (Å²) in [5.41, 5.74) is 3.54. The summed E-state index contributed by atoms with van der Waals surface area (Å²) in [6, 6.07) is 19.6. The molecule has 0 aliphatic rings. The van der Waals surface area contributed by atoms with Gasteiger partial charge in [0, 0.05) is 18.0 Å². The van der Waals surface area contributed by atoms with Gasteiger partial charge in [-0.25, -0.2) is 4.39 Å². The Morgan fingerprint density at radius 2 is 1.60 bits per heavy atom. The summed E-state index contributed by atoms with van der Waals surface area (Å²) >= 11 is 0. The maximum Gasteiger partial charge on any atom is 0.323 e. The molecule has 1 heterocycles. The van der Waals surface area contributed by atoms with E-state index in [1.165, 1.54) is 6.07 Å². The average molecular weight is 544 g/mol. The second-order valence-corrected chi connectivity index (χ2v) is 9.09. The highest BCUT2D eigenvalue weighted by Gasteiger charge is 2.13. The quantitative estimate of drug-likeness (QED) is 0.140. The monoisotopic (exact) mass is 543 g/mol. The lowest BCUT2D eigenvalue weighted by atomic mass is 10.0. The first-order chi connectivity index (χ1) is 19.4. The summed E-state index contributed by atoms with van der Waals surface area (Å²) in [4.78, 5) is 22.4. The van der Waals surface area contributed by atoms with E-state index in [1.807, 2.05) is 60.8 Å². The van der Waals surface area contributed by atoms with Gasteiger partial charge >= 0.3 is 11.9 Å². The zero-order valence-corrected chi connectivity index (χ0v) is 21.8. The molecule has 4 rings (SSSR count). The van der Waals surface area contributed by atoms with E-state index in [-0.39, 0.29) is 25.3 Å². The van der Waals surface area contributed by atoms with Gasteiger partial charge in [-0.1, -0.05) is 54.6 Å². The molecule has 8 heteroatoms. The third-order valence-electron chi connectivity index (χ3n) is 6.17. The summed E-state index contributed by atoms with van der Waals surface area (Å²) < 4.78 is 26.4. The van der Waals surface area contributed by atoms with Crippen molar-refractivity contribution in [2.45, 2.75) is 25.8 Å². The average Bonchev–Trinajstić information content (AvgIpc) is 3.28. The van der Waals surface area contributed by atoms with Gasteiger partial charge in [0.1, 0.15) is 25.5 Å². The van der Waals surface area contributed by atoms with Gasteiger partial charge in [-0.15, -0.1) is 0 Å². The van der Waals surface area contributed by atoms with Crippen molar-refractivity contribution in [3.63, 3.8) is 0 Å². The highest BCUT2D eigenvalue weighted by Crippen LogP contribution is 2.28. The normalized spacial score (nSPS) is 11.4. The van der Waals surface area contributed by atoms with Gasteiger partial charge in [0.25, 0.3) is 0 Å². The number of aliphatic carboxylic acids is 2. The molecule has 0 saturated carbocycles. The molecule has 3 aromatic carbocycles. The van der Waals surface area contributed by atoms with Gasteiger partial charge in [-0.3, -0.25) is 9.59 Å². The van der Waals surface area contributed by atoms with Crippen molar-refractivity contribution >= 4 is 35.0 Å². The molecule has 2 N–H and O–H groups in total. The topological polar surface area (TPSA) is 98.0 Å². The lowest BCUT2D eigenvalue weighted by Crippen LogP contribution is -2.07. The molecule has 4 aromatic rings. The second-order valence-electron chi connectivity index (χ2n) is 9.09. The van der Waals surface area contributed by atoms with Crippen molar-refractivity contribution in [1.29, 1.82) is 0 Å². The number of carbonyl (C=O) groups is 2. The highest BCUT2D eigenvalue weighted by molar-refractivity contribution is 5.94. The van der Waals surface area contributed by atoms with Crippen LogP contribution in [0.5, 0.6) is 11.5 Å². The molecule has 0 saturated heterocycles. The fourth-order valence-electron chi connectivity index (χ4n) is 4.34. The molecule has 0 fully saturated rings. The van der Waals surface area contributed by atoms with Gasteiger partial charge in [0.2, 0.25) is 0 Å². The summed E-state index contributed by atoms with van der Waals surface area (Å²) in [7, 11) is 0. The van der Waals surface area contributed by atoms with Crippen molar-refractivity contribution in [2.75, 3.05) is 13.2 Å². The highest BCUT2D eigenvalue weighted by atomic mass is 19.1. The molecule has 0 aliphatic heterocycles. The Morgan fingerprint density at radius 3 is 2.33 bits per heavy atom. The molecule has 0 spiro atoms. The Kier molecular flexibility index (Phi) is 9.72. The van der Waals surface area contributed by atoms with Crippen LogP contribution in [0.25, 0.3) is 23.1 Å². The Morgan fingerprint density at radius 1 is 0.850 bits per heavy atom. The number of hydrogen-bond donors (Lipinski definition) is 2. The van der Waals surface area contributed by atoms with Gasteiger partial charge in [-0.2, -0.15) is 0 Å². The molecule has 0 atom stereocenters. The summed E-state index contributed by atoms with van der Waals surface area (Å²) in [6.07, 6.45) is 10.4. The molecular formula is C32H30FNO6. The van der Waals surface area contributed by atoms with Crippen LogP contribution >= 0.6 is 0 Å². The van der Waals surface area contributed by atoms with E-state index < -0.39 is 17.8 Å². The minimum atomic E-state index is -0.948. The van der Waals surface area contributed by atoms with Crippen LogP contribution in [-0.4, -0.2) is 39.9 Å². The van der Waals surface area contributed by atoms with Gasteiger partial charge < -0.3 is 24.3 Å². The number of benzene rings is 3. The zero-order valence-electron chi connectivity index (χ0n) is 21.8. The van der Waals surface area contributed by atoms with Crippen molar-refractivity contribution in [2.24, 2.45) is 0 Å². The summed E-state index contributed by atoms with van der Waals surface area (Å²) in [5.74, 6) is -1.29. The minimum absolute atomic E-state index is 0.0606. The molecule has 0 amide bonds. The van der Waals surface area contributed by atoms with Crippen LogP contribution in [0, 0.1) is 5.82 Å². The standard InChI is InChI=1S/C32H30FNO6/c33-28-10-1-2-11-29(28)40-20-4-3-19-39-26-17-14-23(15-18-26)13-16-24-7-5-9-27-25(8-6-12-30(35)36)21-34(32(24)27)22-31(37)38/h1-5,7,9-11,13-18,21H,6,8,12,19-20,22H2,(H,35,36)(H,37,38)/b4-3+,16-13?. The molecular weight excluding hydrogens is 513 g/mol. The van der Waals surface area contributed by atoms with E-state index in [2.05, 4.69) is 0 Å². The molecule has 7 nitrogen and oxygen atoms in total. The Hall–Kier alpha value is -4.85. The first kappa shape index (κ1) is 28.2. The molecule has 0 radical (unpaired) electrons. The Balaban J connectivity index is 1.38. The van der Waals surface area contributed by atoms with Gasteiger partial charge in [0.15, 0.2) is 11.6 Å². The number of carboxylic acids is 2. The van der Waals surface area contributed by atoms with E-state index in [0.717, 1.165) is 27.6 Å². The number of carboxylic acid groups (broad SMARTS) is 2. The maximum atomic E-state index is 13.5. The second kappa shape index (κ2) is 13.8. The predicted molar refractivity (Wildman–Crippen MR) is 152 cm³/mol. The third kappa shape index (κ3) is 7.83. The Labute approximate surface area is 231 Å². The number of rotatable bonds is 14. The number of hydrogen-bond acceptors (Lipinski definition) is 4. The first-order valence-corrected chi connectivity index (χ1v) is 12.9.